The van der Waals surface area contributed by atoms with Crippen molar-refractivity contribution in [1.82, 2.24) is 10.3 Å². The molecule has 0 saturated carbocycles. The zero-order valence-corrected chi connectivity index (χ0v) is 10.1. The second-order valence-corrected chi connectivity index (χ2v) is 4.59. The number of hydrogen-bond acceptors (Lipinski definition) is 3. The van der Waals surface area contributed by atoms with E-state index >= 15 is 0 Å². The van der Waals surface area contributed by atoms with E-state index in [4.69, 9.17) is 4.74 Å². The van der Waals surface area contributed by atoms with Crippen molar-refractivity contribution in [3.63, 3.8) is 0 Å². The van der Waals surface area contributed by atoms with Crippen molar-refractivity contribution in [1.29, 1.82) is 0 Å². The van der Waals surface area contributed by atoms with E-state index in [0.29, 0.717) is 12.1 Å². The second-order valence-electron chi connectivity index (χ2n) is 4.59. The summed E-state index contributed by atoms with van der Waals surface area (Å²) in [6.45, 7) is 6.07. The van der Waals surface area contributed by atoms with Crippen LogP contribution in [-0.2, 0) is 11.3 Å². The van der Waals surface area contributed by atoms with Crippen molar-refractivity contribution in [3.05, 3.63) is 29.6 Å². The Morgan fingerprint density at radius 3 is 3.19 bits per heavy atom. The van der Waals surface area contributed by atoms with E-state index in [0.717, 1.165) is 26.0 Å². The van der Waals surface area contributed by atoms with E-state index in [1.165, 1.54) is 11.1 Å². The Kier molecular flexibility index (Phi) is 3.91. The van der Waals surface area contributed by atoms with Crippen LogP contribution in [0, 0.1) is 6.92 Å². The average molecular weight is 220 g/mol. The molecule has 1 aromatic heterocycles. The number of aromatic nitrogens is 1. The first-order valence-electron chi connectivity index (χ1n) is 6.00. The van der Waals surface area contributed by atoms with Crippen LogP contribution in [-0.4, -0.2) is 23.7 Å². The van der Waals surface area contributed by atoms with E-state index in [1.54, 1.807) is 0 Å². The molecule has 0 amide bonds. The number of rotatable bonds is 3. The molecule has 1 aliphatic rings. The van der Waals surface area contributed by atoms with Gasteiger partial charge in [-0.3, -0.25) is 4.98 Å². The molecular formula is C13H20N2O. The van der Waals surface area contributed by atoms with E-state index in [-0.39, 0.29) is 0 Å². The molecule has 1 aromatic rings. The summed E-state index contributed by atoms with van der Waals surface area (Å²) in [4.78, 5) is 4.16. The van der Waals surface area contributed by atoms with Crippen molar-refractivity contribution in [2.75, 3.05) is 6.61 Å². The highest BCUT2D eigenvalue weighted by Gasteiger charge is 2.18. The third kappa shape index (κ3) is 3.03. The van der Waals surface area contributed by atoms with Crippen LogP contribution in [0.5, 0.6) is 0 Å². The monoisotopic (exact) mass is 220 g/mol. The number of ether oxygens (including phenoxy) is 1. The highest BCUT2D eigenvalue weighted by atomic mass is 16.5. The topological polar surface area (TPSA) is 34.2 Å². The van der Waals surface area contributed by atoms with Gasteiger partial charge < -0.3 is 10.1 Å². The van der Waals surface area contributed by atoms with E-state index < -0.39 is 0 Å². The van der Waals surface area contributed by atoms with Crippen molar-refractivity contribution >= 4 is 0 Å². The van der Waals surface area contributed by atoms with Gasteiger partial charge >= 0.3 is 0 Å². The lowest BCUT2D eigenvalue weighted by Crippen LogP contribution is -2.37. The Morgan fingerprint density at radius 2 is 2.44 bits per heavy atom. The summed E-state index contributed by atoms with van der Waals surface area (Å²) < 4.78 is 5.53. The first kappa shape index (κ1) is 11.6. The predicted octanol–water partition coefficient (Wildman–Crippen LogP) is 2.05. The minimum absolute atomic E-state index is 0.390. The summed E-state index contributed by atoms with van der Waals surface area (Å²) in [5.74, 6) is 0. The van der Waals surface area contributed by atoms with Gasteiger partial charge in [0, 0.05) is 31.6 Å². The molecule has 1 fully saturated rings. The molecule has 0 bridgehead atoms. The molecule has 16 heavy (non-hydrogen) atoms. The van der Waals surface area contributed by atoms with E-state index in [9.17, 15) is 0 Å². The van der Waals surface area contributed by atoms with Gasteiger partial charge in [-0.05, 0) is 43.9 Å². The van der Waals surface area contributed by atoms with Crippen LogP contribution in [0.15, 0.2) is 18.5 Å². The molecule has 1 aliphatic heterocycles. The zero-order valence-electron chi connectivity index (χ0n) is 10.1. The molecule has 0 aromatic carbocycles. The molecule has 3 nitrogen and oxygen atoms in total. The molecule has 88 valence electrons. The molecular weight excluding hydrogens is 200 g/mol. The molecule has 2 unspecified atom stereocenters. The summed E-state index contributed by atoms with van der Waals surface area (Å²) in [6.07, 6.45) is 6.41. The molecule has 3 heteroatoms. The Hall–Kier alpha value is -0.930. The Balaban J connectivity index is 1.85. The summed E-state index contributed by atoms with van der Waals surface area (Å²) >= 11 is 0. The van der Waals surface area contributed by atoms with E-state index in [2.05, 4.69) is 30.2 Å². The smallest absolute Gasteiger partial charge is 0.0561 e. The summed E-state index contributed by atoms with van der Waals surface area (Å²) in [5.41, 5.74) is 2.60. The summed E-state index contributed by atoms with van der Waals surface area (Å²) in [7, 11) is 0. The number of nitrogens with zero attached hydrogens (tertiary/aromatic N) is 1. The molecule has 0 spiro atoms. The predicted molar refractivity (Wildman–Crippen MR) is 64.2 cm³/mol. The maximum atomic E-state index is 5.53. The van der Waals surface area contributed by atoms with Gasteiger partial charge in [-0.15, -0.1) is 0 Å². The number of aryl methyl sites for hydroxylation is 1. The highest BCUT2D eigenvalue weighted by Crippen LogP contribution is 2.14. The van der Waals surface area contributed by atoms with Crippen LogP contribution >= 0.6 is 0 Å². The highest BCUT2D eigenvalue weighted by molar-refractivity contribution is 5.21. The van der Waals surface area contributed by atoms with Gasteiger partial charge in [0.2, 0.25) is 0 Å². The van der Waals surface area contributed by atoms with Crippen LogP contribution < -0.4 is 5.32 Å². The first-order chi connectivity index (χ1) is 7.75. The third-order valence-corrected chi connectivity index (χ3v) is 3.21. The van der Waals surface area contributed by atoms with Gasteiger partial charge in [0.1, 0.15) is 0 Å². The van der Waals surface area contributed by atoms with Gasteiger partial charge in [-0.1, -0.05) is 0 Å². The van der Waals surface area contributed by atoms with Gasteiger partial charge in [-0.25, -0.2) is 0 Å². The van der Waals surface area contributed by atoms with Crippen molar-refractivity contribution < 1.29 is 4.74 Å². The molecule has 2 rings (SSSR count). The molecule has 0 aliphatic carbocycles. The quantitative estimate of drug-likeness (QED) is 0.846. The lowest BCUT2D eigenvalue weighted by molar-refractivity contribution is 0.0130. The van der Waals surface area contributed by atoms with Crippen molar-refractivity contribution in [2.24, 2.45) is 0 Å². The minimum atomic E-state index is 0.390. The molecule has 0 radical (unpaired) electrons. The van der Waals surface area contributed by atoms with Crippen molar-refractivity contribution in [2.45, 2.75) is 45.4 Å². The Morgan fingerprint density at radius 1 is 1.56 bits per heavy atom. The van der Waals surface area contributed by atoms with Crippen LogP contribution in [0.25, 0.3) is 0 Å². The molecule has 2 heterocycles. The Bertz CT molecular complexity index is 340. The summed E-state index contributed by atoms with van der Waals surface area (Å²) in [5, 5.41) is 3.59. The van der Waals surface area contributed by atoms with Crippen molar-refractivity contribution in [3.8, 4) is 0 Å². The van der Waals surface area contributed by atoms with Crippen LogP contribution in [0.2, 0.25) is 0 Å². The number of pyridine rings is 1. The zero-order chi connectivity index (χ0) is 11.4. The fraction of sp³-hybridized carbons (Fsp3) is 0.615. The molecule has 1 saturated heterocycles. The van der Waals surface area contributed by atoms with E-state index in [1.807, 2.05) is 12.4 Å². The fourth-order valence-corrected chi connectivity index (χ4v) is 2.12. The fourth-order valence-electron chi connectivity index (χ4n) is 2.12. The molecule has 2 atom stereocenters. The maximum Gasteiger partial charge on any atom is 0.0561 e. The standard InChI is InChI=1S/C13H20N2O/c1-10-3-5-14-8-12(10)9-15-13-4-6-16-11(2)7-13/h3,5,8,11,13,15H,4,6-7,9H2,1-2H3. The minimum Gasteiger partial charge on any atom is -0.378 e. The van der Waals surface area contributed by atoms with Crippen LogP contribution in [0.1, 0.15) is 30.9 Å². The number of hydrogen-bond donors (Lipinski definition) is 1. The first-order valence-corrected chi connectivity index (χ1v) is 6.00. The SMILES string of the molecule is Cc1ccncc1CNC1CCOC(C)C1. The lowest BCUT2D eigenvalue weighted by Gasteiger charge is -2.28. The maximum absolute atomic E-state index is 5.53. The summed E-state index contributed by atoms with van der Waals surface area (Å²) in [6, 6.07) is 2.65. The van der Waals surface area contributed by atoms with Gasteiger partial charge in [0.25, 0.3) is 0 Å². The second kappa shape index (κ2) is 5.41. The number of nitrogens with one attached hydrogen (secondary N) is 1. The normalized spacial score (nSPS) is 25.6. The largest absolute Gasteiger partial charge is 0.378 e. The third-order valence-electron chi connectivity index (χ3n) is 3.21. The lowest BCUT2D eigenvalue weighted by atomic mass is 10.0. The van der Waals surface area contributed by atoms with Crippen LogP contribution in [0.4, 0.5) is 0 Å². The Labute approximate surface area is 97.2 Å². The van der Waals surface area contributed by atoms with Gasteiger partial charge in [0.05, 0.1) is 6.10 Å². The van der Waals surface area contributed by atoms with Gasteiger partial charge in [-0.2, -0.15) is 0 Å². The van der Waals surface area contributed by atoms with Crippen LogP contribution in [0.3, 0.4) is 0 Å². The average Bonchev–Trinajstić information content (AvgIpc) is 2.28. The molecule has 1 N–H and O–H groups in total. The van der Waals surface area contributed by atoms with Gasteiger partial charge in [0.15, 0.2) is 0 Å².